The van der Waals surface area contributed by atoms with E-state index in [2.05, 4.69) is 85.1 Å². The number of hydrogen-bond acceptors (Lipinski definition) is 2. The molecule has 0 aliphatic carbocycles. The maximum absolute atomic E-state index is 4.65. The zero-order valence-corrected chi connectivity index (χ0v) is 15.4. The van der Waals surface area contributed by atoms with Gasteiger partial charge in [-0.1, -0.05) is 36.4 Å². The summed E-state index contributed by atoms with van der Waals surface area (Å²) in [4.78, 5) is 9.07. The first-order chi connectivity index (χ1) is 12.8. The van der Waals surface area contributed by atoms with Gasteiger partial charge in [-0.2, -0.15) is 0 Å². The average Bonchev–Trinajstić information content (AvgIpc) is 3.03. The van der Waals surface area contributed by atoms with Gasteiger partial charge in [0.25, 0.3) is 0 Å². The Morgan fingerprint density at radius 1 is 0.615 bits per heavy atom. The van der Waals surface area contributed by atoms with Crippen molar-refractivity contribution in [3.8, 4) is 17.1 Å². The van der Waals surface area contributed by atoms with Crippen LogP contribution in [0.2, 0.25) is 0 Å². The fraction of sp³-hybridized carbons (Fsp3) is 0. The molecule has 0 N–H and O–H groups in total. The third kappa shape index (κ3) is 2.42. The summed E-state index contributed by atoms with van der Waals surface area (Å²) in [5.41, 5.74) is 5.14. The lowest BCUT2D eigenvalue weighted by molar-refractivity contribution is 1.13. The van der Waals surface area contributed by atoms with Gasteiger partial charge >= 0.3 is 0 Å². The van der Waals surface area contributed by atoms with Crippen molar-refractivity contribution < 1.29 is 0 Å². The van der Waals surface area contributed by atoms with Crippen LogP contribution in [0.1, 0.15) is 0 Å². The molecule has 4 heteroatoms. The molecule has 3 aromatic heterocycles. The smallest absolute Gasteiger partial charge is 0.0887 e. The highest BCUT2D eigenvalue weighted by molar-refractivity contribution is 9.10. The molecule has 0 spiro atoms. The maximum Gasteiger partial charge on any atom is 0.0887 e. The molecular formula is C22H14BrN3. The van der Waals surface area contributed by atoms with E-state index in [0.717, 1.165) is 21.5 Å². The molecule has 0 atom stereocenters. The van der Waals surface area contributed by atoms with Crippen LogP contribution in [-0.4, -0.2) is 14.5 Å². The Bertz CT molecular complexity index is 1170. The molecule has 0 saturated carbocycles. The molecule has 0 unspecified atom stereocenters. The van der Waals surface area contributed by atoms with Crippen LogP contribution in [0, 0.1) is 0 Å². The Morgan fingerprint density at radius 2 is 1.19 bits per heavy atom. The number of para-hydroxylation sites is 2. The highest BCUT2D eigenvalue weighted by Gasteiger charge is 2.11. The van der Waals surface area contributed by atoms with Crippen molar-refractivity contribution in [2.24, 2.45) is 0 Å². The second kappa shape index (κ2) is 6.07. The second-order valence-corrected chi connectivity index (χ2v) is 7.05. The first-order valence-electron chi connectivity index (χ1n) is 8.38. The number of nitrogens with zero attached hydrogens (tertiary/aromatic N) is 3. The van der Waals surface area contributed by atoms with Crippen LogP contribution < -0.4 is 0 Å². The van der Waals surface area contributed by atoms with Gasteiger partial charge in [0.05, 0.1) is 34.3 Å². The minimum Gasteiger partial charge on any atom is -0.308 e. The predicted octanol–water partition coefficient (Wildman–Crippen LogP) is 6.00. The van der Waals surface area contributed by atoms with E-state index in [1.807, 2.05) is 24.4 Å². The number of aromatic nitrogens is 3. The number of hydrogen-bond donors (Lipinski definition) is 0. The maximum atomic E-state index is 4.65. The van der Waals surface area contributed by atoms with E-state index in [9.17, 15) is 0 Å². The summed E-state index contributed by atoms with van der Waals surface area (Å²) >= 11 is 3.42. The minimum atomic E-state index is 0.863. The van der Waals surface area contributed by atoms with Crippen LogP contribution in [0.25, 0.3) is 38.9 Å². The lowest BCUT2D eigenvalue weighted by atomic mass is 10.2. The van der Waals surface area contributed by atoms with Crippen molar-refractivity contribution in [1.82, 2.24) is 14.5 Å². The largest absolute Gasteiger partial charge is 0.308 e. The van der Waals surface area contributed by atoms with Crippen LogP contribution in [0.5, 0.6) is 0 Å². The van der Waals surface area contributed by atoms with E-state index >= 15 is 0 Å². The first kappa shape index (κ1) is 15.3. The van der Waals surface area contributed by atoms with Crippen molar-refractivity contribution in [2.75, 3.05) is 0 Å². The molecule has 0 saturated heterocycles. The van der Waals surface area contributed by atoms with Gasteiger partial charge < -0.3 is 4.57 Å². The molecule has 0 aliphatic rings. The summed E-state index contributed by atoms with van der Waals surface area (Å²) in [7, 11) is 0. The SMILES string of the molecule is Brc1ccc(-c2ccc(-n3c4ccccc4c4ccccc43)cn2)nc1. The lowest BCUT2D eigenvalue weighted by Gasteiger charge is -2.08. The van der Waals surface area contributed by atoms with E-state index in [4.69, 9.17) is 0 Å². The van der Waals surface area contributed by atoms with Crippen LogP contribution in [0.3, 0.4) is 0 Å². The average molecular weight is 400 g/mol. The standard InChI is InChI=1S/C22H14BrN3/c23-15-9-11-19(24-13-15)20-12-10-16(14-25-20)26-21-7-3-1-5-17(21)18-6-2-4-8-22(18)26/h1-14H. The molecule has 124 valence electrons. The van der Waals surface area contributed by atoms with Gasteiger partial charge in [-0.15, -0.1) is 0 Å². The van der Waals surface area contributed by atoms with E-state index in [1.165, 1.54) is 21.8 Å². The first-order valence-corrected chi connectivity index (χ1v) is 9.17. The molecule has 0 aliphatic heterocycles. The summed E-state index contributed by atoms with van der Waals surface area (Å²) in [5, 5.41) is 2.50. The molecule has 0 amide bonds. The Kier molecular flexibility index (Phi) is 3.57. The fourth-order valence-electron chi connectivity index (χ4n) is 3.40. The second-order valence-electron chi connectivity index (χ2n) is 6.13. The molecular weight excluding hydrogens is 386 g/mol. The summed E-state index contributed by atoms with van der Waals surface area (Å²) in [6, 6.07) is 25.0. The Labute approximate surface area is 159 Å². The number of halogens is 1. The number of rotatable bonds is 2. The van der Waals surface area contributed by atoms with E-state index < -0.39 is 0 Å². The Hall–Kier alpha value is -2.98. The van der Waals surface area contributed by atoms with Crippen molar-refractivity contribution in [1.29, 1.82) is 0 Å². The Balaban J connectivity index is 1.69. The molecule has 3 heterocycles. The van der Waals surface area contributed by atoms with Crippen LogP contribution in [0.4, 0.5) is 0 Å². The van der Waals surface area contributed by atoms with Crippen molar-refractivity contribution in [3.05, 3.63) is 89.7 Å². The van der Waals surface area contributed by atoms with Gasteiger partial charge in [-0.25, -0.2) is 0 Å². The number of pyridine rings is 2. The van der Waals surface area contributed by atoms with Crippen molar-refractivity contribution in [2.45, 2.75) is 0 Å². The fourth-order valence-corrected chi connectivity index (χ4v) is 3.63. The van der Waals surface area contributed by atoms with Gasteiger partial charge in [0.1, 0.15) is 0 Å². The number of benzene rings is 2. The lowest BCUT2D eigenvalue weighted by Crippen LogP contribution is -1.95. The van der Waals surface area contributed by atoms with Gasteiger partial charge in [0.2, 0.25) is 0 Å². The number of fused-ring (bicyclic) bond motifs is 3. The van der Waals surface area contributed by atoms with Gasteiger partial charge in [0, 0.05) is 21.4 Å². The molecule has 5 aromatic rings. The summed E-state index contributed by atoms with van der Waals surface area (Å²) in [6.07, 6.45) is 3.70. The molecule has 26 heavy (non-hydrogen) atoms. The normalized spacial score (nSPS) is 11.3. The van der Waals surface area contributed by atoms with Gasteiger partial charge in [0.15, 0.2) is 0 Å². The molecule has 3 nitrogen and oxygen atoms in total. The van der Waals surface area contributed by atoms with Crippen LogP contribution >= 0.6 is 15.9 Å². The summed E-state index contributed by atoms with van der Waals surface area (Å²) < 4.78 is 3.22. The molecule has 0 radical (unpaired) electrons. The molecule has 0 bridgehead atoms. The molecule has 5 rings (SSSR count). The zero-order chi connectivity index (χ0) is 17.5. The predicted molar refractivity (Wildman–Crippen MR) is 110 cm³/mol. The highest BCUT2D eigenvalue weighted by atomic mass is 79.9. The van der Waals surface area contributed by atoms with Crippen molar-refractivity contribution in [3.63, 3.8) is 0 Å². The summed E-state index contributed by atoms with van der Waals surface area (Å²) in [5.74, 6) is 0. The van der Waals surface area contributed by atoms with E-state index in [1.54, 1.807) is 6.20 Å². The quantitative estimate of drug-likeness (QED) is 0.364. The Morgan fingerprint density at radius 3 is 1.73 bits per heavy atom. The third-order valence-corrected chi connectivity index (χ3v) is 5.05. The monoisotopic (exact) mass is 399 g/mol. The third-order valence-electron chi connectivity index (χ3n) is 4.58. The minimum absolute atomic E-state index is 0.863. The topological polar surface area (TPSA) is 30.7 Å². The van der Waals surface area contributed by atoms with E-state index in [-0.39, 0.29) is 0 Å². The van der Waals surface area contributed by atoms with Gasteiger partial charge in [-0.3, -0.25) is 9.97 Å². The van der Waals surface area contributed by atoms with Crippen LogP contribution in [-0.2, 0) is 0 Å². The highest BCUT2D eigenvalue weighted by Crippen LogP contribution is 2.31. The molecule has 2 aromatic carbocycles. The summed E-state index contributed by atoms with van der Waals surface area (Å²) in [6.45, 7) is 0. The molecule has 0 fully saturated rings. The van der Waals surface area contributed by atoms with Gasteiger partial charge in [-0.05, 0) is 52.3 Å². The van der Waals surface area contributed by atoms with Crippen molar-refractivity contribution >= 4 is 37.7 Å². The van der Waals surface area contributed by atoms with Crippen LogP contribution in [0.15, 0.2) is 89.7 Å². The zero-order valence-electron chi connectivity index (χ0n) is 13.8. The van der Waals surface area contributed by atoms with E-state index in [0.29, 0.717) is 0 Å².